The van der Waals surface area contributed by atoms with Crippen LogP contribution in [0.5, 0.6) is 5.75 Å². The number of phenolic OH excluding ortho intramolecular Hbond substituents is 1. The van der Waals surface area contributed by atoms with Crippen LogP contribution in [0.3, 0.4) is 0 Å². The van der Waals surface area contributed by atoms with Crippen LogP contribution in [0, 0.1) is 20.8 Å². The number of carbonyl (C=O) groups excluding carboxylic acids is 1. The molecule has 1 amide bonds. The highest BCUT2D eigenvalue weighted by molar-refractivity contribution is 8.00. The third-order valence-corrected chi connectivity index (χ3v) is 5.63. The summed E-state index contributed by atoms with van der Waals surface area (Å²) in [7, 11) is 0. The molecule has 1 aliphatic rings. The summed E-state index contributed by atoms with van der Waals surface area (Å²) in [4.78, 5) is 21.3. The van der Waals surface area contributed by atoms with Crippen LogP contribution < -0.4 is 5.32 Å². The summed E-state index contributed by atoms with van der Waals surface area (Å²) in [5.41, 5.74) is 4.41. The first kappa shape index (κ1) is 17.5. The number of nitrogens with zero attached hydrogens (tertiary/aromatic N) is 4. The van der Waals surface area contributed by atoms with Crippen molar-refractivity contribution < 1.29 is 9.90 Å². The highest BCUT2D eigenvalue weighted by Gasteiger charge is 2.31. The van der Waals surface area contributed by atoms with Gasteiger partial charge in [0.05, 0.1) is 16.7 Å². The monoisotopic (exact) mass is 381 g/mol. The molecule has 7 nitrogen and oxygen atoms in total. The molecule has 0 saturated heterocycles. The molecular weight excluding hydrogens is 362 g/mol. The summed E-state index contributed by atoms with van der Waals surface area (Å²) in [5.74, 6) is 1.49. The zero-order valence-electron chi connectivity index (χ0n) is 15.2. The van der Waals surface area contributed by atoms with E-state index in [9.17, 15) is 9.90 Å². The van der Waals surface area contributed by atoms with Gasteiger partial charge < -0.3 is 10.4 Å². The summed E-state index contributed by atoms with van der Waals surface area (Å²) < 4.78 is 1.61. The fourth-order valence-corrected chi connectivity index (χ4v) is 4.43. The van der Waals surface area contributed by atoms with E-state index >= 15 is 0 Å². The van der Waals surface area contributed by atoms with Crippen molar-refractivity contribution in [2.75, 3.05) is 11.1 Å². The van der Waals surface area contributed by atoms with E-state index < -0.39 is 0 Å². The maximum Gasteiger partial charge on any atom is 0.252 e. The zero-order chi connectivity index (χ0) is 19.1. The van der Waals surface area contributed by atoms with Gasteiger partial charge in [-0.3, -0.25) is 4.79 Å². The maximum absolute atomic E-state index is 12.3. The molecule has 8 heteroatoms. The molecule has 2 N–H and O–H groups in total. The quantitative estimate of drug-likeness (QED) is 0.709. The number of aryl methyl sites for hydroxylation is 3. The number of aromatic hydroxyl groups is 1. The minimum Gasteiger partial charge on any atom is -0.508 e. The van der Waals surface area contributed by atoms with Crippen LogP contribution in [0.2, 0.25) is 0 Å². The molecule has 0 spiro atoms. The smallest absolute Gasteiger partial charge is 0.252 e. The van der Waals surface area contributed by atoms with E-state index in [4.69, 9.17) is 0 Å². The lowest BCUT2D eigenvalue weighted by molar-refractivity contribution is -0.113. The number of thioether (sulfide) groups is 1. The largest absolute Gasteiger partial charge is 0.508 e. The molecule has 3 heterocycles. The van der Waals surface area contributed by atoms with Crippen molar-refractivity contribution in [3.63, 3.8) is 0 Å². The number of carbonyl (C=O) groups is 1. The van der Waals surface area contributed by atoms with E-state index in [0.717, 1.165) is 28.2 Å². The van der Waals surface area contributed by atoms with Crippen LogP contribution in [0.15, 0.2) is 30.3 Å². The summed E-state index contributed by atoms with van der Waals surface area (Å²) in [6.45, 7) is 5.73. The fourth-order valence-electron chi connectivity index (χ4n) is 3.24. The predicted molar refractivity (Wildman–Crippen MR) is 104 cm³/mol. The fraction of sp³-hybridized carbons (Fsp3) is 0.263. The van der Waals surface area contributed by atoms with Crippen molar-refractivity contribution in [3.8, 4) is 11.7 Å². The number of amides is 1. The molecule has 2 aromatic heterocycles. The van der Waals surface area contributed by atoms with Gasteiger partial charge in [-0.2, -0.15) is 9.78 Å². The molecule has 0 aliphatic carbocycles. The minimum atomic E-state index is -0.0898. The predicted octanol–water partition coefficient (Wildman–Crippen LogP) is 3.07. The average molecular weight is 381 g/mol. The first-order chi connectivity index (χ1) is 12.9. The number of hydrogen-bond acceptors (Lipinski definition) is 6. The third-order valence-electron chi connectivity index (χ3n) is 4.36. The topological polar surface area (TPSA) is 92.9 Å². The molecule has 27 heavy (non-hydrogen) atoms. The Morgan fingerprint density at radius 2 is 1.81 bits per heavy atom. The molecule has 0 saturated carbocycles. The molecule has 138 valence electrons. The van der Waals surface area contributed by atoms with Crippen molar-refractivity contribution in [2.24, 2.45) is 0 Å². The van der Waals surface area contributed by atoms with E-state index in [1.807, 2.05) is 39.0 Å². The van der Waals surface area contributed by atoms with Crippen LogP contribution in [-0.4, -0.2) is 36.5 Å². The number of nitrogens with one attached hydrogen (secondary N) is 1. The molecule has 4 rings (SSSR count). The standard InChI is InChI=1S/C19H19N5O2S/c1-10-8-11(2)21-19(20-10)24-18-16(12(3)23-24)17(27-9-15(26)22-18)13-4-6-14(25)7-5-13/h4-8,17,25H,9H2,1-3H3,(H,22,26). The lowest BCUT2D eigenvalue weighted by Gasteiger charge is -2.15. The molecule has 0 bridgehead atoms. The Morgan fingerprint density at radius 1 is 1.15 bits per heavy atom. The second-order valence-electron chi connectivity index (χ2n) is 6.54. The number of phenols is 1. The lowest BCUT2D eigenvalue weighted by Crippen LogP contribution is -2.17. The molecule has 0 fully saturated rings. The summed E-state index contributed by atoms with van der Waals surface area (Å²) in [6.07, 6.45) is 0. The van der Waals surface area contributed by atoms with Crippen LogP contribution in [0.4, 0.5) is 5.82 Å². The molecule has 1 aromatic carbocycles. The number of anilines is 1. The zero-order valence-corrected chi connectivity index (χ0v) is 16.0. The number of aromatic nitrogens is 4. The Balaban J connectivity index is 1.90. The first-order valence-electron chi connectivity index (χ1n) is 8.55. The lowest BCUT2D eigenvalue weighted by atomic mass is 10.0. The van der Waals surface area contributed by atoms with Crippen molar-refractivity contribution in [1.29, 1.82) is 0 Å². The van der Waals surface area contributed by atoms with E-state index in [1.165, 1.54) is 11.8 Å². The van der Waals surface area contributed by atoms with Gasteiger partial charge in [-0.25, -0.2) is 9.97 Å². The van der Waals surface area contributed by atoms with Gasteiger partial charge in [0.15, 0.2) is 0 Å². The molecule has 3 aromatic rings. The normalized spacial score (nSPS) is 16.6. The first-order valence-corrected chi connectivity index (χ1v) is 9.60. The van der Waals surface area contributed by atoms with Gasteiger partial charge in [0, 0.05) is 17.0 Å². The Morgan fingerprint density at radius 3 is 2.48 bits per heavy atom. The van der Waals surface area contributed by atoms with E-state index in [0.29, 0.717) is 17.5 Å². The van der Waals surface area contributed by atoms with Gasteiger partial charge >= 0.3 is 0 Å². The number of benzene rings is 1. The van der Waals surface area contributed by atoms with Gasteiger partial charge in [-0.05, 0) is 44.5 Å². The molecule has 1 aliphatic heterocycles. The Kier molecular flexibility index (Phi) is 4.35. The van der Waals surface area contributed by atoms with E-state index in [1.54, 1.807) is 16.8 Å². The van der Waals surface area contributed by atoms with Crippen LogP contribution in [-0.2, 0) is 4.79 Å². The van der Waals surface area contributed by atoms with Gasteiger partial charge in [0.1, 0.15) is 11.6 Å². The van der Waals surface area contributed by atoms with Gasteiger partial charge in [-0.1, -0.05) is 12.1 Å². The minimum absolute atomic E-state index is 0.0841. The average Bonchev–Trinajstić information content (AvgIpc) is 2.81. The summed E-state index contributed by atoms with van der Waals surface area (Å²) >= 11 is 1.53. The Bertz CT molecular complexity index is 1010. The SMILES string of the molecule is Cc1cc(C)nc(-n2nc(C)c3c2NC(=O)CSC3c2ccc(O)cc2)n1. The van der Waals surface area contributed by atoms with Gasteiger partial charge in [0.2, 0.25) is 5.91 Å². The van der Waals surface area contributed by atoms with Crippen LogP contribution in [0.25, 0.3) is 5.95 Å². The van der Waals surface area contributed by atoms with Gasteiger partial charge in [0.25, 0.3) is 5.95 Å². The summed E-state index contributed by atoms with van der Waals surface area (Å²) in [5, 5.41) is 17.1. The number of rotatable bonds is 2. The van der Waals surface area contributed by atoms with E-state index in [-0.39, 0.29) is 16.9 Å². The van der Waals surface area contributed by atoms with E-state index in [2.05, 4.69) is 20.4 Å². The van der Waals surface area contributed by atoms with Crippen molar-refractivity contribution in [1.82, 2.24) is 19.7 Å². The Hall–Kier alpha value is -2.87. The highest BCUT2D eigenvalue weighted by Crippen LogP contribution is 2.43. The van der Waals surface area contributed by atoms with Gasteiger partial charge in [-0.15, -0.1) is 11.8 Å². The molecular formula is C19H19N5O2S. The molecule has 1 atom stereocenters. The Labute approximate surface area is 160 Å². The summed E-state index contributed by atoms with van der Waals surface area (Å²) in [6, 6.07) is 8.95. The second-order valence-corrected chi connectivity index (χ2v) is 7.63. The second kappa shape index (κ2) is 6.70. The highest BCUT2D eigenvalue weighted by atomic mass is 32.2. The molecule has 0 radical (unpaired) electrons. The van der Waals surface area contributed by atoms with Crippen LogP contribution >= 0.6 is 11.8 Å². The third kappa shape index (κ3) is 3.28. The van der Waals surface area contributed by atoms with Crippen molar-refractivity contribution in [2.45, 2.75) is 26.0 Å². The van der Waals surface area contributed by atoms with Crippen molar-refractivity contribution >= 4 is 23.5 Å². The van der Waals surface area contributed by atoms with Crippen molar-refractivity contribution in [3.05, 3.63) is 58.5 Å². The number of hydrogen-bond donors (Lipinski definition) is 2. The number of fused-ring (bicyclic) bond motifs is 1. The maximum atomic E-state index is 12.3. The van der Waals surface area contributed by atoms with Crippen LogP contribution in [0.1, 0.15) is 33.5 Å². The molecule has 1 unspecified atom stereocenters.